The highest BCUT2D eigenvalue weighted by Crippen LogP contribution is 2.18. The van der Waals surface area contributed by atoms with Crippen molar-refractivity contribution in [3.05, 3.63) is 24.3 Å². The molecule has 0 amide bonds. The second-order valence-electron chi connectivity index (χ2n) is 4.44. The van der Waals surface area contributed by atoms with Gasteiger partial charge in [0.05, 0.1) is 6.61 Å². The van der Waals surface area contributed by atoms with E-state index in [1.54, 1.807) is 6.92 Å². The molecule has 0 aliphatic carbocycles. The summed E-state index contributed by atoms with van der Waals surface area (Å²) in [5.74, 6) is 0.337. The molecule has 4 heteroatoms. The number of hydrogen-bond donors (Lipinski definition) is 2. The molecule has 17 heavy (non-hydrogen) atoms. The smallest absolute Gasteiger partial charge is 0.325 e. The predicted octanol–water partition coefficient (Wildman–Crippen LogP) is 2.61. The van der Waals surface area contributed by atoms with Crippen molar-refractivity contribution in [1.29, 1.82) is 0 Å². The summed E-state index contributed by atoms with van der Waals surface area (Å²) >= 11 is 0. The Hall–Kier alpha value is -1.71. The van der Waals surface area contributed by atoms with Gasteiger partial charge in [-0.2, -0.15) is 0 Å². The van der Waals surface area contributed by atoms with Crippen LogP contribution in [0.3, 0.4) is 0 Å². The first kappa shape index (κ1) is 13.4. The largest absolute Gasteiger partial charge is 0.493 e. The predicted molar refractivity (Wildman–Crippen MR) is 67.5 cm³/mol. The maximum atomic E-state index is 10.7. The molecule has 0 aliphatic heterocycles. The lowest BCUT2D eigenvalue weighted by atomic mass is 10.2. The number of carboxylic acid groups (broad SMARTS) is 1. The lowest BCUT2D eigenvalue weighted by molar-refractivity contribution is -0.137. The second kappa shape index (κ2) is 6.13. The van der Waals surface area contributed by atoms with Gasteiger partial charge >= 0.3 is 5.97 Å². The van der Waals surface area contributed by atoms with E-state index in [2.05, 4.69) is 19.2 Å². The fraction of sp³-hybridized carbons (Fsp3) is 0.462. The zero-order chi connectivity index (χ0) is 12.8. The van der Waals surface area contributed by atoms with Crippen LogP contribution in [-0.2, 0) is 4.79 Å². The van der Waals surface area contributed by atoms with Gasteiger partial charge in [-0.05, 0) is 25.0 Å². The minimum atomic E-state index is -0.876. The van der Waals surface area contributed by atoms with Crippen LogP contribution in [0.2, 0.25) is 0 Å². The normalized spacial score (nSPS) is 12.2. The monoisotopic (exact) mass is 237 g/mol. The fourth-order valence-corrected chi connectivity index (χ4v) is 1.25. The van der Waals surface area contributed by atoms with Crippen LogP contribution in [0.25, 0.3) is 0 Å². The van der Waals surface area contributed by atoms with E-state index < -0.39 is 12.0 Å². The van der Waals surface area contributed by atoms with Gasteiger partial charge in [0.25, 0.3) is 0 Å². The van der Waals surface area contributed by atoms with E-state index in [9.17, 15) is 4.79 Å². The molecular formula is C13H19NO3. The molecule has 0 saturated heterocycles. The third kappa shape index (κ3) is 4.76. The number of carbonyl (C=O) groups is 1. The van der Waals surface area contributed by atoms with E-state index in [1.165, 1.54) is 0 Å². The number of anilines is 1. The third-order valence-corrected chi connectivity index (χ3v) is 2.17. The van der Waals surface area contributed by atoms with Crippen molar-refractivity contribution < 1.29 is 14.6 Å². The highest BCUT2D eigenvalue weighted by atomic mass is 16.5. The molecule has 0 spiro atoms. The van der Waals surface area contributed by atoms with Crippen molar-refractivity contribution in [2.24, 2.45) is 5.92 Å². The van der Waals surface area contributed by atoms with Gasteiger partial charge < -0.3 is 15.2 Å². The summed E-state index contributed by atoms with van der Waals surface area (Å²) < 4.78 is 5.56. The molecule has 0 fully saturated rings. The summed E-state index contributed by atoms with van der Waals surface area (Å²) in [5.41, 5.74) is 0.751. The van der Waals surface area contributed by atoms with Gasteiger partial charge in [-0.25, -0.2) is 0 Å². The molecule has 94 valence electrons. The Bertz CT molecular complexity index is 377. The molecule has 1 aromatic rings. The minimum absolute atomic E-state index is 0.463. The molecule has 1 rings (SSSR count). The number of aliphatic carboxylic acids is 1. The Balaban J connectivity index is 2.62. The average Bonchev–Trinajstić information content (AvgIpc) is 2.26. The standard InChI is InChI=1S/C13H19NO3/c1-9(2)8-17-12-6-4-5-11(7-12)14-10(3)13(15)16/h4-7,9-10,14H,8H2,1-3H3,(H,15,16). The van der Waals surface area contributed by atoms with Crippen LogP contribution >= 0.6 is 0 Å². The number of benzene rings is 1. The maximum Gasteiger partial charge on any atom is 0.325 e. The fourth-order valence-electron chi connectivity index (χ4n) is 1.25. The van der Waals surface area contributed by atoms with Crippen molar-refractivity contribution in [1.82, 2.24) is 0 Å². The first-order valence-corrected chi connectivity index (χ1v) is 5.71. The number of ether oxygens (including phenoxy) is 1. The Morgan fingerprint density at radius 3 is 2.71 bits per heavy atom. The second-order valence-corrected chi connectivity index (χ2v) is 4.44. The first-order chi connectivity index (χ1) is 7.99. The van der Waals surface area contributed by atoms with Gasteiger partial charge in [-0.1, -0.05) is 19.9 Å². The van der Waals surface area contributed by atoms with Gasteiger partial charge in [-0.15, -0.1) is 0 Å². The number of nitrogens with one attached hydrogen (secondary N) is 1. The van der Waals surface area contributed by atoms with Gasteiger partial charge in [0, 0.05) is 11.8 Å². The summed E-state index contributed by atoms with van der Waals surface area (Å²) in [6, 6.07) is 6.71. The van der Waals surface area contributed by atoms with Crippen molar-refractivity contribution in [3.8, 4) is 5.75 Å². The Morgan fingerprint density at radius 2 is 2.12 bits per heavy atom. The lowest BCUT2D eigenvalue weighted by Gasteiger charge is -2.13. The first-order valence-electron chi connectivity index (χ1n) is 5.71. The van der Waals surface area contributed by atoms with Gasteiger partial charge in [0.15, 0.2) is 0 Å². The molecule has 1 aromatic carbocycles. The van der Waals surface area contributed by atoms with E-state index >= 15 is 0 Å². The van der Waals surface area contributed by atoms with E-state index in [0.717, 1.165) is 11.4 Å². The van der Waals surface area contributed by atoms with E-state index in [1.807, 2.05) is 24.3 Å². The van der Waals surface area contributed by atoms with Gasteiger partial charge in [-0.3, -0.25) is 4.79 Å². The molecule has 1 unspecified atom stereocenters. The van der Waals surface area contributed by atoms with E-state index in [0.29, 0.717) is 12.5 Å². The van der Waals surface area contributed by atoms with Crippen molar-refractivity contribution in [2.45, 2.75) is 26.8 Å². The van der Waals surface area contributed by atoms with Crippen LogP contribution < -0.4 is 10.1 Å². The van der Waals surface area contributed by atoms with E-state index in [4.69, 9.17) is 9.84 Å². The molecule has 0 bridgehead atoms. The average molecular weight is 237 g/mol. The minimum Gasteiger partial charge on any atom is -0.493 e. The highest BCUT2D eigenvalue weighted by molar-refractivity contribution is 5.76. The van der Waals surface area contributed by atoms with Gasteiger partial charge in [0.2, 0.25) is 0 Å². The molecule has 1 atom stereocenters. The third-order valence-electron chi connectivity index (χ3n) is 2.17. The quantitative estimate of drug-likeness (QED) is 0.798. The van der Waals surface area contributed by atoms with Crippen molar-refractivity contribution >= 4 is 11.7 Å². The Labute approximate surface area is 102 Å². The van der Waals surface area contributed by atoms with Crippen LogP contribution in [-0.4, -0.2) is 23.7 Å². The van der Waals surface area contributed by atoms with Crippen LogP contribution in [0.15, 0.2) is 24.3 Å². The molecule has 0 saturated carbocycles. The summed E-state index contributed by atoms with van der Waals surface area (Å²) in [7, 11) is 0. The van der Waals surface area contributed by atoms with Gasteiger partial charge in [0.1, 0.15) is 11.8 Å². The molecule has 4 nitrogen and oxygen atoms in total. The molecule has 0 heterocycles. The number of hydrogen-bond acceptors (Lipinski definition) is 3. The van der Waals surface area contributed by atoms with Crippen LogP contribution in [0, 0.1) is 5.92 Å². The van der Waals surface area contributed by atoms with Crippen molar-refractivity contribution in [2.75, 3.05) is 11.9 Å². The van der Waals surface area contributed by atoms with Crippen LogP contribution in [0.1, 0.15) is 20.8 Å². The van der Waals surface area contributed by atoms with E-state index in [-0.39, 0.29) is 0 Å². The summed E-state index contributed by atoms with van der Waals surface area (Å²) in [6.07, 6.45) is 0. The summed E-state index contributed by atoms with van der Waals surface area (Å²) in [5, 5.41) is 11.7. The summed E-state index contributed by atoms with van der Waals surface area (Å²) in [4.78, 5) is 10.7. The lowest BCUT2D eigenvalue weighted by Crippen LogP contribution is -2.25. The summed E-state index contributed by atoms with van der Waals surface area (Å²) in [6.45, 7) is 6.41. The zero-order valence-electron chi connectivity index (χ0n) is 10.4. The molecule has 0 aliphatic rings. The highest BCUT2D eigenvalue weighted by Gasteiger charge is 2.10. The topological polar surface area (TPSA) is 58.6 Å². The van der Waals surface area contributed by atoms with Crippen LogP contribution in [0.5, 0.6) is 5.75 Å². The zero-order valence-corrected chi connectivity index (χ0v) is 10.4. The number of carboxylic acids is 1. The van der Waals surface area contributed by atoms with Crippen LogP contribution in [0.4, 0.5) is 5.69 Å². The molecule has 0 aromatic heterocycles. The maximum absolute atomic E-state index is 10.7. The number of rotatable bonds is 6. The Kier molecular flexibility index (Phi) is 4.82. The molecule has 2 N–H and O–H groups in total. The SMILES string of the molecule is CC(C)COc1cccc(NC(C)C(=O)O)c1. The Morgan fingerprint density at radius 1 is 1.41 bits per heavy atom. The molecular weight excluding hydrogens is 218 g/mol. The molecule has 0 radical (unpaired) electrons. The van der Waals surface area contributed by atoms with Crippen molar-refractivity contribution in [3.63, 3.8) is 0 Å².